The van der Waals surface area contributed by atoms with Crippen LogP contribution in [0.4, 0.5) is 13.2 Å². The third kappa shape index (κ3) is 4.35. The minimum atomic E-state index is -4.67. The lowest BCUT2D eigenvalue weighted by molar-refractivity contribution is -0.141. The number of rotatable bonds is 5. The largest absolute Gasteiger partial charge is 0.434 e. The van der Waals surface area contributed by atoms with E-state index in [0.717, 1.165) is 18.3 Å². The summed E-state index contributed by atoms with van der Waals surface area (Å²) >= 11 is 0. The third-order valence-electron chi connectivity index (χ3n) is 4.14. The third-order valence-corrected chi connectivity index (χ3v) is 5.39. The van der Waals surface area contributed by atoms with Crippen molar-refractivity contribution in [2.45, 2.75) is 31.3 Å². The minimum Gasteiger partial charge on any atom is -0.342 e. The lowest BCUT2D eigenvalue weighted by atomic mass is 10.2. The summed E-state index contributed by atoms with van der Waals surface area (Å²) in [6, 6.07) is 8.03. The van der Waals surface area contributed by atoms with E-state index >= 15 is 0 Å². The number of hydrogen-bond acceptors (Lipinski definition) is 6. The number of halogens is 3. The van der Waals surface area contributed by atoms with Crippen molar-refractivity contribution in [3.05, 3.63) is 60.2 Å². The monoisotopic (exact) mass is 439 g/mol. The van der Waals surface area contributed by atoms with Gasteiger partial charge in [-0.15, -0.1) is 0 Å². The molecule has 0 spiro atoms. The molecule has 3 rings (SSSR count). The molecule has 0 aliphatic heterocycles. The Kier molecular flexibility index (Phi) is 5.66. The molecule has 2 aromatic heterocycles. The SMILES string of the molecule is CCC(=O)OS(=O)(=O)c1ccc(-n2cc(C(F)(F)F)nc2-c2cccnc2C)cc1. The highest BCUT2D eigenvalue weighted by molar-refractivity contribution is 7.87. The van der Waals surface area contributed by atoms with Gasteiger partial charge >= 0.3 is 22.3 Å². The molecule has 0 bridgehead atoms. The fourth-order valence-electron chi connectivity index (χ4n) is 2.63. The Labute approximate surface area is 170 Å². The highest BCUT2D eigenvalue weighted by Crippen LogP contribution is 2.33. The van der Waals surface area contributed by atoms with Gasteiger partial charge < -0.3 is 4.18 Å². The number of carbonyl (C=O) groups is 1. The number of imidazole rings is 1. The van der Waals surface area contributed by atoms with Gasteiger partial charge in [0.15, 0.2) is 5.69 Å². The van der Waals surface area contributed by atoms with Gasteiger partial charge in [-0.1, -0.05) is 6.92 Å². The van der Waals surface area contributed by atoms with Gasteiger partial charge in [0, 0.05) is 35.8 Å². The quantitative estimate of drug-likeness (QED) is 0.560. The van der Waals surface area contributed by atoms with Crippen molar-refractivity contribution in [2.75, 3.05) is 0 Å². The standard InChI is InChI=1S/C19H16F3N3O4S/c1-3-17(26)29-30(27,28)14-8-6-13(7-9-14)25-11-16(19(20,21)22)24-18(25)15-5-4-10-23-12(15)2/h4-11H,3H2,1-2H3. The van der Waals surface area contributed by atoms with E-state index in [1.54, 1.807) is 19.1 Å². The summed E-state index contributed by atoms with van der Waals surface area (Å²) in [4.78, 5) is 18.8. The van der Waals surface area contributed by atoms with Gasteiger partial charge in [-0.2, -0.15) is 21.6 Å². The van der Waals surface area contributed by atoms with E-state index in [0.29, 0.717) is 11.3 Å². The predicted octanol–water partition coefficient (Wildman–Crippen LogP) is 3.90. The maximum atomic E-state index is 13.3. The molecule has 0 radical (unpaired) electrons. The number of hydrogen-bond donors (Lipinski definition) is 0. The molecule has 2 heterocycles. The first-order chi connectivity index (χ1) is 14.0. The van der Waals surface area contributed by atoms with Gasteiger partial charge in [-0.05, 0) is 43.3 Å². The van der Waals surface area contributed by atoms with Crippen LogP contribution in [0.2, 0.25) is 0 Å². The summed E-state index contributed by atoms with van der Waals surface area (Å²) in [7, 11) is -4.32. The van der Waals surface area contributed by atoms with Gasteiger partial charge in [0.05, 0.1) is 0 Å². The van der Waals surface area contributed by atoms with Crippen LogP contribution < -0.4 is 0 Å². The van der Waals surface area contributed by atoms with Crippen LogP contribution in [0.25, 0.3) is 17.1 Å². The van der Waals surface area contributed by atoms with E-state index in [4.69, 9.17) is 0 Å². The van der Waals surface area contributed by atoms with E-state index in [1.807, 2.05) is 0 Å². The summed E-state index contributed by atoms with van der Waals surface area (Å²) < 4.78 is 69.6. The molecule has 0 N–H and O–H groups in total. The number of aryl methyl sites for hydroxylation is 1. The summed E-state index contributed by atoms with van der Waals surface area (Å²) in [6.07, 6.45) is -2.47. The summed E-state index contributed by atoms with van der Waals surface area (Å²) in [5, 5.41) is 0. The fourth-order valence-corrected chi connectivity index (χ4v) is 3.56. The van der Waals surface area contributed by atoms with E-state index in [1.165, 1.54) is 29.8 Å². The van der Waals surface area contributed by atoms with E-state index in [-0.39, 0.29) is 22.8 Å². The van der Waals surface area contributed by atoms with Crippen LogP contribution >= 0.6 is 0 Å². The number of aromatic nitrogens is 3. The van der Waals surface area contributed by atoms with Gasteiger partial charge in [0.25, 0.3) is 0 Å². The van der Waals surface area contributed by atoms with Crippen molar-refractivity contribution in [3.63, 3.8) is 0 Å². The molecule has 0 atom stereocenters. The summed E-state index contributed by atoms with van der Waals surface area (Å²) in [5.41, 5.74) is -0.00308. The lowest BCUT2D eigenvalue weighted by Gasteiger charge is -2.10. The van der Waals surface area contributed by atoms with Gasteiger partial charge in [0.2, 0.25) is 0 Å². The van der Waals surface area contributed by atoms with Crippen LogP contribution in [0, 0.1) is 6.92 Å². The first-order valence-corrected chi connectivity index (χ1v) is 10.1. The van der Waals surface area contributed by atoms with Crippen molar-refractivity contribution in [3.8, 4) is 17.1 Å². The molecule has 11 heteroatoms. The molecule has 0 saturated carbocycles. The van der Waals surface area contributed by atoms with Gasteiger partial charge in [-0.3, -0.25) is 14.3 Å². The zero-order valence-electron chi connectivity index (χ0n) is 15.8. The molecule has 0 amide bonds. The van der Waals surface area contributed by atoms with Crippen LogP contribution in [0.5, 0.6) is 0 Å². The van der Waals surface area contributed by atoms with Crippen molar-refractivity contribution in [1.82, 2.24) is 14.5 Å². The highest BCUT2D eigenvalue weighted by Gasteiger charge is 2.35. The Hall–Kier alpha value is -3.21. The number of benzene rings is 1. The Morgan fingerprint density at radius 1 is 1.17 bits per heavy atom. The second kappa shape index (κ2) is 7.90. The van der Waals surface area contributed by atoms with Crippen molar-refractivity contribution >= 4 is 16.1 Å². The van der Waals surface area contributed by atoms with Crippen molar-refractivity contribution < 1.29 is 30.6 Å². The van der Waals surface area contributed by atoms with Crippen molar-refractivity contribution in [2.24, 2.45) is 0 Å². The molecular weight excluding hydrogens is 423 g/mol. The molecular formula is C19H16F3N3O4S. The van der Waals surface area contributed by atoms with Gasteiger partial charge in [-0.25, -0.2) is 4.98 Å². The summed E-state index contributed by atoms with van der Waals surface area (Å²) in [5.74, 6) is -0.918. The highest BCUT2D eigenvalue weighted by atomic mass is 32.2. The number of nitrogens with zero attached hydrogens (tertiary/aromatic N) is 3. The molecule has 30 heavy (non-hydrogen) atoms. The molecule has 0 unspecified atom stereocenters. The minimum absolute atomic E-state index is 0.000873. The maximum Gasteiger partial charge on any atom is 0.434 e. The number of pyridine rings is 1. The Morgan fingerprint density at radius 3 is 2.40 bits per heavy atom. The topological polar surface area (TPSA) is 91.2 Å². The van der Waals surface area contributed by atoms with E-state index < -0.39 is 28.0 Å². The molecule has 0 fully saturated rings. The molecule has 158 valence electrons. The molecule has 7 nitrogen and oxygen atoms in total. The molecule has 3 aromatic rings. The predicted molar refractivity (Wildman–Crippen MR) is 100 cm³/mol. The Morgan fingerprint density at radius 2 is 1.83 bits per heavy atom. The van der Waals surface area contributed by atoms with Crippen molar-refractivity contribution in [1.29, 1.82) is 0 Å². The number of carbonyl (C=O) groups excluding carboxylic acids is 1. The molecule has 1 aromatic carbocycles. The van der Waals surface area contributed by atoms with Crippen LogP contribution in [0.15, 0.2) is 53.7 Å². The second-order valence-electron chi connectivity index (χ2n) is 6.21. The first-order valence-electron chi connectivity index (χ1n) is 8.69. The Bertz CT molecular complexity index is 1190. The van der Waals surface area contributed by atoms with Crippen LogP contribution in [-0.2, 0) is 25.3 Å². The van der Waals surface area contributed by atoms with E-state index in [2.05, 4.69) is 14.2 Å². The van der Waals surface area contributed by atoms with Crippen LogP contribution in [0.3, 0.4) is 0 Å². The molecule has 0 aliphatic rings. The smallest absolute Gasteiger partial charge is 0.342 e. The van der Waals surface area contributed by atoms with Crippen LogP contribution in [0.1, 0.15) is 24.7 Å². The van der Waals surface area contributed by atoms with Gasteiger partial charge in [0.1, 0.15) is 10.7 Å². The number of alkyl halides is 3. The maximum absolute atomic E-state index is 13.3. The first kappa shape index (κ1) is 21.5. The zero-order valence-corrected chi connectivity index (χ0v) is 16.7. The Balaban J connectivity index is 2.08. The summed E-state index contributed by atoms with van der Waals surface area (Å²) in [6.45, 7) is 3.08. The average Bonchev–Trinajstić information content (AvgIpc) is 3.13. The normalized spacial score (nSPS) is 12.0. The molecule has 0 aliphatic carbocycles. The van der Waals surface area contributed by atoms with Crippen LogP contribution in [-0.4, -0.2) is 28.9 Å². The second-order valence-corrected chi connectivity index (χ2v) is 7.76. The zero-order chi connectivity index (χ0) is 22.1. The molecule has 0 saturated heterocycles. The average molecular weight is 439 g/mol. The lowest BCUT2D eigenvalue weighted by Crippen LogP contribution is -2.12. The fraction of sp³-hybridized carbons (Fsp3) is 0.211. The van der Waals surface area contributed by atoms with E-state index in [9.17, 15) is 26.4 Å².